The second kappa shape index (κ2) is 9.76. The van der Waals surface area contributed by atoms with Crippen LogP contribution in [0.5, 0.6) is 5.75 Å². The predicted molar refractivity (Wildman–Crippen MR) is 80.5 cm³/mol. The minimum atomic E-state index is -0.776. The normalized spacial score (nSPS) is 12.4. The molecule has 0 bridgehead atoms. The summed E-state index contributed by atoms with van der Waals surface area (Å²) in [6, 6.07) is 4.65. The predicted octanol–water partition coefficient (Wildman–Crippen LogP) is 5.01. The number of hydrogen-bond acceptors (Lipinski definition) is 2. The molecule has 0 fully saturated rings. The quantitative estimate of drug-likeness (QED) is 0.611. The Morgan fingerprint density at radius 1 is 1.10 bits per heavy atom. The van der Waals surface area contributed by atoms with Gasteiger partial charge < -0.3 is 9.84 Å². The number of benzene rings is 1. The highest BCUT2D eigenvalue weighted by Crippen LogP contribution is 2.30. The van der Waals surface area contributed by atoms with Crippen LogP contribution < -0.4 is 4.74 Å². The largest absolute Gasteiger partial charge is 0.496 e. The molecule has 0 aliphatic heterocycles. The maximum absolute atomic E-state index is 13.8. The lowest BCUT2D eigenvalue weighted by Gasteiger charge is -2.15. The summed E-state index contributed by atoms with van der Waals surface area (Å²) in [6.45, 7) is 2.21. The van der Waals surface area contributed by atoms with E-state index in [0.29, 0.717) is 17.7 Å². The first kappa shape index (κ1) is 17.0. The molecule has 1 rings (SSSR count). The highest BCUT2D eigenvalue weighted by Gasteiger charge is 2.17. The molecule has 1 unspecified atom stereocenters. The number of aliphatic hydroxyl groups excluding tert-OH is 1. The average Bonchev–Trinajstić information content (AvgIpc) is 2.45. The van der Waals surface area contributed by atoms with Crippen molar-refractivity contribution in [1.29, 1.82) is 0 Å². The summed E-state index contributed by atoms with van der Waals surface area (Å²) in [5.41, 5.74) is 0.293. The molecule has 0 saturated carbocycles. The van der Waals surface area contributed by atoms with Gasteiger partial charge in [-0.25, -0.2) is 4.39 Å². The third-order valence-corrected chi connectivity index (χ3v) is 3.65. The van der Waals surface area contributed by atoms with Gasteiger partial charge in [-0.05, 0) is 18.6 Å². The van der Waals surface area contributed by atoms with E-state index in [2.05, 4.69) is 6.92 Å². The molecule has 0 aliphatic rings. The fraction of sp³-hybridized carbons (Fsp3) is 0.647. The number of rotatable bonds is 10. The van der Waals surface area contributed by atoms with Crippen LogP contribution in [-0.2, 0) is 0 Å². The number of halogens is 1. The maximum Gasteiger partial charge on any atom is 0.132 e. The molecule has 0 aromatic heterocycles. The van der Waals surface area contributed by atoms with Crippen molar-refractivity contribution in [1.82, 2.24) is 0 Å². The van der Waals surface area contributed by atoms with Gasteiger partial charge in [0.25, 0.3) is 0 Å². The second-order valence-electron chi connectivity index (χ2n) is 5.28. The van der Waals surface area contributed by atoms with Crippen LogP contribution >= 0.6 is 0 Å². The fourth-order valence-electron chi connectivity index (χ4n) is 2.46. The Kier molecular flexibility index (Phi) is 8.28. The van der Waals surface area contributed by atoms with E-state index in [4.69, 9.17) is 4.74 Å². The molecule has 2 nitrogen and oxygen atoms in total. The zero-order valence-electron chi connectivity index (χ0n) is 12.7. The van der Waals surface area contributed by atoms with Gasteiger partial charge in [-0.15, -0.1) is 0 Å². The Hall–Kier alpha value is -1.09. The van der Waals surface area contributed by atoms with Crippen LogP contribution in [0.3, 0.4) is 0 Å². The molecule has 0 aliphatic carbocycles. The fourth-order valence-corrected chi connectivity index (χ4v) is 2.46. The van der Waals surface area contributed by atoms with E-state index in [9.17, 15) is 9.50 Å². The van der Waals surface area contributed by atoms with Gasteiger partial charge in [-0.2, -0.15) is 0 Å². The molecular formula is C17H27FO2. The van der Waals surface area contributed by atoms with E-state index in [1.165, 1.54) is 45.3 Å². The van der Waals surface area contributed by atoms with Crippen molar-refractivity contribution in [3.05, 3.63) is 29.6 Å². The summed E-state index contributed by atoms with van der Waals surface area (Å²) in [7, 11) is 1.50. The molecule has 0 spiro atoms. The van der Waals surface area contributed by atoms with Crippen LogP contribution in [-0.4, -0.2) is 12.2 Å². The van der Waals surface area contributed by atoms with E-state index >= 15 is 0 Å². The van der Waals surface area contributed by atoms with Gasteiger partial charge in [-0.1, -0.05) is 57.9 Å². The molecule has 20 heavy (non-hydrogen) atoms. The smallest absolute Gasteiger partial charge is 0.132 e. The summed E-state index contributed by atoms with van der Waals surface area (Å²) in [5.74, 6) is 0.0419. The van der Waals surface area contributed by atoms with Gasteiger partial charge in [0.1, 0.15) is 11.6 Å². The van der Waals surface area contributed by atoms with Gasteiger partial charge in [0, 0.05) is 0 Å². The van der Waals surface area contributed by atoms with E-state index in [-0.39, 0.29) is 5.82 Å². The second-order valence-corrected chi connectivity index (χ2v) is 5.28. The molecule has 3 heteroatoms. The first-order chi connectivity index (χ1) is 9.70. The van der Waals surface area contributed by atoms with Crippen molar-refractivity contribution in [3.8, 4) is 5.75 Å². The molecular weight excluding hydrogens is 255 g/mol. The van der Waals surface area contributed by atoms with E-state index in [1.807, 2.05) is 0 Å². The summed E-state index contributed by atoms with van der Waals surface area (Å²) in [4.78, 5) is 0. The average molecular weight is 282 g/mol. The molecule has 1 aromatic rings. The Labute approximate surface area is 122 Å². The summed E-state index contributed by atoms with van der Waals surface area (Å²) < 4.78 is 18.9. The Bertz CT molecular complexity index is 379. The molecule has 114 valence electrons. The highest BCUT2D eigenvalue weighted by molar-refractivity contribution is 5.36. The first-order valence-corrected chi connectivity index (χ1v) is 7.71. The van der Waals surface area contributed by atoms with Crippen LogP contribution in [0.1, 0.15) is 70.0 Å². The van der Waals surface area contributed by atoms with E-state index < -0.39 is 6.10 Å². The van der Waals surface area contributed by atoms with Crippen LogP contribution in [0.4, 0.5) is 4.39 Å². The molecule has 1 aromatic carbocycles. The van der Waals surface area contributed by atoms with Gasteiger partial charge in [-0.3, -0.25) is 0 Å². The lowest BCUT2D eigenvalue weighted by atomic mass is 10.0. The number of aliphatic hydroxyl groups is 1. The zero-order chi connectivity index (χ0) is 14.8. The number of methoxy groups -OCH3 is 1. The molecule has 0 amide bonds. The molecule has 1 atom stereocenters. The van der Waals surface area contributed by atoms with Crippen molar-refractivity contribution in [3.63, 3.8) is 0 Å². The molecule has 0 heterocycles. The van der Waals surface area contributed by atoms with Crippen LogP contribution in [0.2, 0.25) is 0 Å². The lowest BCUT2D eigenvalue weighted by molar-refractivity contribution is 0.154. The van der Waals surface area contributed by atoms with Gasteiger partial charge in [0.15, 0.2) is 0 Å². The summed E-state index contributed by atoms with van der Waals surface area (Å²) >= 11 is 0. The van der Waals surface area contributed by atoms with Crippen molar-refractivity contribution in [2.24, 2.45) is 0 Å². The minimum Gasteiger partial charge on any atom is -0.496 e. The van der Waals surface area contributed by atoms with Crippen molar-refractivity contribution in [2.75, 3.05) is 7.11 Å². The van der Waals surface area contributed by atoms with Crippen LogP contribution in [0.15, 0.2) is 18.2 Å². The standard InChI is InChI=1S/C17H27FO2/c1-3-4-5-6-7-8-9-12-15(19)17-14(18)11-10-13-16(17)20-2/h10-11,13,15,19H,3-9,12H2,1-2H3. The monoisotopic (exact) mass is 282 g/mol. The SMILES string of the molecule is CCCCCCCCCC(O)c1c(F)cccc1OC. The molecule has 0 saturated heterocycles. The summed E-state index contributed by atoms with van der Waals surface area (Å²) in [5, 5.41) is 10.1. The number of unbranched alkanes of at least 4 members (excludes halogenated alkanes) is 6. The topological polar surface area (TPSA) is 29.5 Å². The third-order valence-electron chi connectivity index (χ3n) is 3.65. The zero-order valence-corrected chi connectivity index (χ0v) is 12.7. The maximum atomic E-state index is 13.8. The summed E-state index contributed by atoms with van der Waals surface area (Å²) in [6.07, 6.45) is 8.13. The van der Waals surface area contributed by atoms with E-state index in [0.717, 1.165) is 12.8 Å². The number of hydrogen-bond donors (Lipinski definition) is 1. The Morgan fingerprint density at radius 2 is 1.75 bits per heavy atom. The van der Waals surface area contributed by atoms with Crippen LogP contribution in [0.25, 0.3) is 0 Å². The van der Waals surface area contributed by atoms with Gasteiger partial charge >= 0.3 is 0 Å². The number of ether oxygens (including phenoxy) is 1. The van der Waals surface area contributed by atoms with Crippen molar-refractivity contribution < 1.29 is 14.2 Å². The Morgan fingerprint density at radius 3 is 2.40 bits per heavy atom. The van der Waals surface area contributed by atoms with Crippen LogP contribution in [0, 0.1) is 5.82 Å². The third kappa shape index (κ3) is 5.49. The van der Waals surface area contributed by atoms with Crippen molar-refractivity contribution in [2.45, 2.75) is 64.4 Å². The molecule has 1 N–H and O–H groups in total. The highest BCUT2D eigenvalue weighted by atomic mass is 19.1. The Balaban J connectivity index is 2.34. The first-order valence-electron chi connectivity index (χ1n) is 7.71. The van der Waals surface area contributed by atoms with Gasteiger partial charge in [0.2, 0.25) is 0 Å². The van der Waals surface area contributed by atoms with E-state index in [1.54, 1.807) is 12.1 Å². The minimum absolute atomic E-state index is 0.293. The molecule has 0 radical (unpaired) electrons. The van der Waals surface area contributed by atoms with Crippen molar-refractivity contribution >= 4 is 0 Å². The lowest BCUT2D eigenvalue weighted by Crippen LogP contribution is -2.04. The van der Waals surface area contributed by atoms with Gasteiger partial charge in [0.05, 0.1) is 18.8 Å².